The maximum absolute atomic E-state index is 5.33. The molecular weight excluding hydrogens is 248 g/mol. The second kappa shape index (κ2) is 4.38. The Morgan fingerprint density at radius 1 is 1.44 bits per heavy atom. The normalized spacial score (nSPS) is 11.2. The summed E-state index contributed by atoms with van der Waals surface area (Å²) in [5, 5.41) is 3.80. The fourth-order valence-electron chi connectivity index (χ4n) is 2.00. The van der Waals surface area contributed by atoms with Crippen LogP contribution < -0.4 is 0 Å². The summed E-state index contributed by atoms with van der Waals surface area (Å²) in [6, 6.07) is 6.24. The molecule has 1 N–H and O–H groups in total. The van der Waals surface area contributed by atoms with Gasteiger partial charge >= 0.3 is 0 Å². The van der Waals surface area contributed by atoms with Gasteiger partial charge in [-0.25, -0.2) is 0 Å². The van der Waals surface area contributed by atoms with E-state index >= 15 is 0 Å². The average molecular weight is 260 g/mol. The van der Waals surface area contributed by atoms with Gasteiger partial charge in [0, 0.05) is 13.0 Å². The lowest BCUT2D eigenvalue weighted by Crippen LogP contribution is -2.02. The van der Waals surface area contributed by atoms with Crippen molar-refractivity contribution in [3.8, 4) is 0 Å². The van der Waals surface area contributed by atoms with Crippen molar-refractivity contribution in [2.75, 3.05) is 0 Å². The van der Waals surface area contributed by atoms with Gasteiger partial charge in [-0.3, -0.25) is 0 Å². The Bertz CT molecular complexity index is 726. The molecule has 2 heterocycles. The van der Waals surface area contributed by atoms with E-state index in [9.17, 15) is 0 Å². The SMILES string of the molecule is Cc1ccc2[nH]c(=S)n(CCc3ncon3)c2c1. The highest BCUT2D eigenvalue weighted by Gasteiger charge is 2.06. The van der Waals surface area contributed by atoms with E-state index in [-0.39, 0.29) is 0 Å². The molecule has 0 aliphatic rings. The van der Waals surface area contributed by atoms with Crippen molar-refractivity contribution >= 4 is 23.3 Å². The summed E-state index contributed by atoms with van der Waals surface area (Å²) in [5.41, 5.74) is 3.38. The summed E-state index contributed by atoms with van der Waals surface area (Å²) < 4.78 is 7.50. The summed E-state index contributed by atoms with van der Waals surface area (Å²) in [7, 11) is 0. The van der Waals surface area contributed by atoms with Crippen molar-refractivity contribution in [3.05, 3.63) is 40.8 Å². The lowest BCUT2D eigenvalue weighted by atomic mass is 10.2. The molecule has 5 nitrogen and oxygen atoms in total. The molecule has 0 amide bonds. The van der Waals surface area contributed by atoms with Crippen LogP contribution in [-0.4, -0.2) is 19.7 Å². The molecule has 0 spiro atoms. The van der Waals surface area contributed by atoms with Crippen molar-refractivity contribution in [2.24, 2.45) is 0 Å². The molecule has 92 valence electrons. The van der Waals surface area contributed by atoms with Crippen LogP contribution in [0.2, 0.25) is 0 Å². The minimum atomic E-state index is 0.693. The van der Waals surface area contributed by atoms with Crippen LogP contribution in [0, 0.1) is 11.7 Å². The van der Waals surface area contributed by atoms with E-state index in [0.717, 1.165) is 22.3 Å². The van der Waals surface area contributed by atoms with E-state index in [4.69, 9.17) is 16.7 Å². The van der Waals surface area contributed by atoms with Crippen molar-refractivity contribution in [1.29, 1.82) is 0 Å². The Morgan fingerprint density at radius 2 is 2.33 bits per heavy atom. The molecule has 3 rings (SSSR count). The largest absolute Gasteiger partial charge is 0.343 e. The number of H-pyrrole nitrogens is 1. The molecular formula is C12H12N4OS. The second-order valence-corrected chi connectivity index (χ2v) is 4.59. The number of benzene rings is 1. The molecule has 18 heavy (non-hydrogen) atoms. The summed E-state index contributed by atoms with van der Waals surface area (Å²) >= 11 is 5.33. The maximum Gasteiger partial charge on any atom is 0.213 e. The van der Waals surface area contributed by atoms with Gasteiger partial charge in [-0.05, 0) is 36.8 Å². The lowest BCUT2D eigenvalue weighted by Gasteiger charge is -2.02. The Balaban J connectivity index is 1.98. The summed E-state index contributed by atoms with van der Waals surface area (Å²) in [6.07, 6.45) is 2.04. The highest BCUT2D eigenvalue weighted by molar-refractivity contribution is 7.71. The van der Waals surface area contributed by atoms with Crippen LogP contribution in [-0.2, 0) is 13.0 Å². The number of nitrogens with zero attached hydrogens (tertiary/aromatic N) is 3. The molecule has 3 aromatic rings. The van der Waals surface area contributed by atoms with Crippen LogP contribution in [0.15, 0.2) is 29.1 Å². The molecule has 0 unspecified atom stereocenters. The number of hydrogen-bond acceptors (Lipinski definition) is 4. The van der Waals surface area contributed by atoms with E-state index in [1.54, 1.807) is 0 Å². The first-order valence-electron chi connectivity index (χ1n) is 5.68. The molecule has 0 fully saturated rings. The van der Waals surface area contributed by atoms with E-state index in [1.165, 1.54) is 12.0 Å². The van der Waals surface area contributed by atoms with E-state index in [1.807, 2.05) is 6.07 Å². The Morgan fingerprint density at radius 3 is 3.11 bits per heavy atom. The standard InChI is InChI=1S/C12H12N4OS/c1-8-2-3-9-10(6-8)16(12(18)14-9)5-4-11-13-7-17-15-11/h2-3,6-7H,4-5H2,1H3,(H,14,18). The van der Waals surface area contributed by atoms with Gasteiger partial charge in [-0.2, -0.15) is 4.98 Å². The average Bonchev–Trinajstić information content (AvgIpc) is 2.94. The van der Waals surface area contributed by atoms with Crippen molar-refractivity contribution in [1.82, 2.24) is 19.7 Å². The van der Waals surface area contributed by atoms with E-state index in [2.05, 4.69) is 38.7 Å². The van der Waals surface area contributed by atoms with Gasteiger partial charge in [0.25, 0.3) is 0 Å². The molecule has 0 aliphatic heterocycles. The maximum atomic E-state index is 5.33. The van der Waals surface area contributed by atoms with Crippen molar-refractivity contribution in [3.63, 3.8) is 0 Å². The van der Waals surface area contributed by atoms with Gasteiger partial charge in [-0.15, -0.1) is 0 Å². The molecule has 2 aromatic heterocycles. The zero-order valence-electron chi connectivity index (χ0n) is 9.88. The van der Waals surface area contributed by atoms with Crippen molar-refractivity contribution < 1.29 is 4.52 Å². The smallest absolute Gasteiger partial charge is 0.213 e. The van der Waals surface area contributed by atoms with Crippen LogP contribution in [0.5, 0.6) is 0 Å². The predicted molar refractivity (Wildman–Crippen MR) is 69.9 cm³/mol. The number of imidazole rings is 1. The van der Waals surface area contributed by atoms with Gasteiger partial charge in [0.15, 0.2) is 10.6 Å². The highest BCUT2D eigenvalue weighted by atomic mass is 32.1. The van der Waals surface area contributed by atoms with Gasteiger partial charge in [-0.1, -0.05) is 11.2 Å². The summed E-state index contributed by atoms with van der Waals surface area (Å²) in [4.78, 5) is 7.21. The predicted octanol–water partition coefficient (Wildman–Crippen LogP) is 2.63. The first kappa shape index (κ1) is 11.2. The van der Waals surface area contributed by atoms with Gasteiger partial charge in [0.1, 0.15) is 0 Å². The molecule has 0 bridgehead atoms. The van der Waals surface area contributed by atoms with Gasteiger partial charge in [0.05, 0.1) is 11.0 Å². The molecule has 0 atom stereocenters. The number of hydrogen-bond donors (Lipinski definition) is 1. The number of aromatic nitrogens is 4. The first-order valence-corrected chi connectivity index (χ1v) is 6.09. The van der Waals surface area contributed by atoms with Crippen LogP contribution in [0.25, 0.3) is 11.0 Å². The van der Waals surface area contributed by atoms with Crippen LogP contribution in [0.3, 0.4) is 0 Å². The van der Waals surface area contributed by atoms with Crippen LogP contribution >= 0.6 is 12.2 Å². The third-order valence-corrected chi connectivity index (χ3v) is 3.22. The Kier molecular flexibility index (Phi) is 2.71. The Labute approximate surface area is 108 Å². The number of nitrogens with one attached hydrogen (secondary N) is 1. The zero-order chi connectivity index (χ0) is 12.5. The van der Waals surface area contributed by atoms with Crippen molar-refractivity contribution in [2.45, 2.75) is 19.9 Å². The third kappa shape index (κ3) is 1.95. The van der Waals surface area contributed by atoms with Crippen LogP contribution in [0.1, 0.15) is 11.4 Å². The molecule has 6 heteroatoms. The fraction of sp³-hybridized carbons (Fsp3) is 0.250. The highest BCUT2D eigenvalue weighted by Crippen LogP contribution is 2.16. The molecule has 0 radical (unpaired) electrons. The number of aryl methyl sites for hydroxylation is 3. The minimum Gasteiger partial charge on any atom is -0.343 e. The summed E-state index contributed by atoms with van der Waals surface area (Å²) in [5.74, 6) is 0.693. The monoisotopic (exact) mass is 260 g/mol. The van der Waals surface area contributed by atoms with E-state index in [0.29, 0.717) is 12.2 Å². The van der Waals surface area contributed by atoms with E-state index < -0.39 is 0 Å². The number of rotatable bonds is 3. The fourth-order valence-corrected chi connectivity index (χ4v) is 2.30. The second-order valence-electron chi connectivity index (χ2n) is 4.20. The number of aromatic amines is 1. The Hall–Kier alpha value is -1.95. The minimum absolute atomic E-state index is 0.693. The molecule has 0 saturated heterocycles. The van der Waals surface area contributed by atoms with Crippen LogP contribution in [0.4, 0.5) is 0 Å². The third-order valence-electron chi connectivity index (χ3n) is 2.90. The summed E-state index contributed by atoms with van der Waals surface area (Å²) in [6.45, 7) is 2.81. The molecule has 0 aliphatic carbocycles. The van der Waals surface area contributed by atoms with Gasteiger partial charge < -0.3 is 14.1 Å². The topological polar surface area (TPSA) is 59.6 Å². The van der Waals surface area contributed by atoms with Gasteiger partial charge in [0.2, 0.25) is 6.39 Å². The first-order chi connectivity index (χ1) is 8.74. The lowest BCUT2D eigenvalue weighted by molar-refractivity contribution is 0.408. The number of fused-ring (bicyclic) bond motifs is 1. The zero-order valence-corrected chi connectivity index (χ0v) is 10.7. The quantitative estimate of drug-likeness (QED) is 0.735. The molecule has 0 saturated carbocycles. The molecule has 1 aromatic carbocycles.